The molecular weight excluding hydrogens is 517 g/mol. The van der Waals surface area contributed by atoms with Gasteiger partial charge in [0.1, 0.15) is 0 Å². The Morgan fingerprint density at radius 2 is 1.67 bits per heavy atom. The quantitative estimate of drug-likeness (QED) is 0.256. The van der Waals surface area contributed by atoms with Gasteiger partial charge < -0.3 is 9.80 Å². The van der Waals surface area contributed by atoms with Gasteiger partial charge in [0.15, 0.2) is 0 Å². The molecule has 202 valence electrons. The molecule has 7 heteroatoms. The van der Waals surface area contributed by atoms with Crippen molar-refractivity contribution in [3.05, 3.63) is 106 Å². The van der Waals surface area contributed by atoms with Crippen LogP contribution in [0.2, 0.25) is 0 Å². The van der Waals surface area contributed by atoms with E-state index >= 15 is 0 Å². The Balaban J connectivity index is 1.15. The van der Waals surface area contributed by atoms with Gasteiger partial charge in [-0.05, 0) is 88.6 Å². The lowest BCUT2D eigenvalue weighted by atomic mass is 9.86. The van der Waals surface area contributed by atoms with Crippen LogP contribution in [0.3, 0.4) is 0 Å². The summed E-state index contributed by atoms with van der Waals surface area (Å²) < 4.78 is 39.6. The van der Waals surface area contributed by atoms with Gasteiger partial charge in [-0.1, -0.05) is 54.6 Å². The van der Waals surface area contributed by atoms with Crippen LogP contribution in [0.1, 0.15) is 51.7 Å². The zero-order chi connectivity index (χ0) is 27.0. The van der Waals surface area contributed by atoms with Gasteiger partial charge in [-0.3, -0.25) is 4.79 Å². The van der Waals surface area contributed by atoms with Crippen LogP contribution in [0.5, 0.6) is 0 Å². The van der Waals surface area contributed by atoms with E-state index in [0.29, 0.717) is 19.0 Å². The average Bonchev–Trinajstić information content (AvgIpc) is 3.63. The SMILES string of the molecule is O=C(c1cccc2ccccc12)N1C[C@@H](CN2CCC(c3cccc(C(F)(F)F)c3)CC2)[C@H](c2ccsc2)C1. The van der Waals surface area contributed by atoms with Crippen LogP contribution < -0.4 is 0 Å². The molecule has 2 atom stereocenters. The number of hydrogen-bond donors (Lipinski definition) is 0. The summed E-state index contributed by atoms with van der Waals surface area (Å²) in [5.41, 5.74) is 2.26. The molecule has 0 radical (unpaired) electrons. The smallest absolute Gasteiger partial charge is 0.338 e. The van der Waals surface area contributed by atoms with Crippen molar-refractivity contribution in [3.8, 4) is 0 Å². The van der Waals surface area contributed by atoms with Gasteiger partial charge in [0.25, 0.3) is 5.91 Å². The van der Waals surface area contributed by atoms with Crippen molar-refractivity contribution < 1.29 is 18.0 Å². The van der Waals surface area contributed by atoms with E-state index in [1.807, 2.05) is 53.4 Å². The van der Waals surface area contributed by atoms with Crippen LogP contribution in [-0.2, 0) is 6.18 Å². The second-order valence-corrected chi connectivity index (χ2v) is 11.6. The fourth-order valence-electron chi connectivity index (χ4n) is 6.42. The van der Waals surface area contributed by atoms with Crippen molar-refractivity contribution in [3.63, 3.8) is 0 Å². The summed E-state index contributed by atoms with van der Waals surface area (Å²) >= 11 is 1.69. The van der Waals surface area contributed by atoms with Gasteiger partial charge in [-0.25, -0.2) is 0 Å². The maximum atomic E-state index is 13.7. The van der Waals surface area contributed by atoms with Crippen LogP contribution in [0.4, 0.5) is 13.2 Å². The van der Waals surface area contributed by atoms with Crippen LogP contribution >= 0.6 is 11.3 Å². The molecule has 3 aromatic carbocycles. The minimum Gasteiger partial charge on any atom is -0.338 e. The van der Waals surface area contributed by atoms with Crippen molar-refractivity contribution in [1.82, 2.24) is 9.80 Å². The minimum atomic E-state index is -4.31. The number of piperidine rings is 1. The summed E-state index contributed by atoms with van der Waals surface area (Å²) in [4.78, 5) is 18.2. The molecule has 3 nitrogen and oxygen atoms in total. The summed E-state index contributed by atoms with van der Waals surface area (Å²) in [6, 6.07) is 21.9. The number of amides is 1. The molecule has 2 fully saturated rings. The summed E-state index contributed by atoms with van der Waals surface area (Å²) in [5, 5.41) is 6.35. The number of hydrogen-bond acceptors (Lipinski definition) is 3. The van der Waals surface area contributed by atoms with Gasteiger partial charge in [0.2, 0.25) is 0 Å². The molecule has 0 N–H and O–H groups in total. The second kappa shape index (κ2) is 10.8. The van der Waals surface area contributed by atoms with Crippen LogP contribution in [-0.4, -0.2) is 48.4 Å². The molecule has 2 saturated heterocycles. The molecule has 3 heterocycles. The molecule has 2 aliphatic rings. The van der Waals surface area contributed by atoms with E-state index in [9.17, 15) is 18.0 Å². The van der Waals surface area contributed by atoms with Gasteiger partial charge in [-0.2, -0.15) is 24.5 Å². The maximum absolute atomic E-state index is 13.7. The number of carbonyl (C=O) groups excluding carboxylic acids is 1. The number of halogens is 3. The second-order valence-electron chi connectivity index (χ2n) is 10.9. The first kappa shape index (κ1) is 26.1. The van der Waals surface area contributed by atoms with Crippen molar-refractivity contribution in [2.24, 2.45) is 5.92 Å². The van der Waals surface area contributed by atoms with E-state index in [0.717, 1.165) is 60.4 Å². The number of alkyl halides is 3. The number of benzene rings is 3. The maximum Gasteiger partial charge on any atom is 0.416 e. The molecule has 0 bridgehead atoms. The number of carbonyl (C=O) groups is 1. The fourth-order valence-corrected chi connectivity index (χ4v) is 7.14. The highest BCUT2D eigenvalue weighted by atomic mass is 32.1. The van der Waals surface area contributed by atoms with Crippen molar-refractivity contribution >= 4 is 28.0 Å². The molecular formula is C32H31F3N2OS. The molecule has 0 unspecified atom stereocenters. The van der Waals surface area contributed by atoms with Crippen LogP contribution in [0.15, 0.2) is 83.6 Å². The van der Waals surface area contributed by atoms with Crippen molar-refractivity contribution in [2.75, 3.05) is 32.7 Å². The highest BCUT2D eigenvalue weighted by Crippen LogP contribution is 2.38. The molecule has 1 amide bonds. The van der Waals surface area contributed by atoms with Crippen LogP contribution in [0, 0.1) is 5.92 Å². The molecule has 2 aliphatic heterocycles. The Labute approximate surface area is 230 Å². The molecule has 4 aromatic rings. The predicted octanol–water partition coefficient (Wildman–Crippen LogP) is 7.66. The lowest BCUT2D eigenvalue weighted by Gasteiger charge is -2.35. The van der Waals surface area contributed by atoms with Gasteiger partial charge in [-0.15, -0.1) is 0 Å². The van der Waals surface area contributed by atoms with E-state index in [-0.39, 0.29) is 17.7 Å². The number of nitrogens with zero attached hydrogens (tertiary/aromatic N) is 2. The van der Waals surface area contributed by atoms with E-state index in [4.69, 9.17) is 0 Å². The largest absolute Gasteiger partial charge is 0.416 e. The Kier molecular flexibility index (Phi) is 7.21. The monoisotopic (exact) mass is 548 g/mol. The third-order valence-electron chi connectivity index (χ3n) is 8.49. The first-order valence-corrected chi connectivity index (χ1v) is 14.5. The van der Waals surface area contributed by atoms with Gasteiger partial charge in [0.05, 0.1) is 5.56 Å². The lowest BCUT2D eigenvalue weighted by molar-refractivity contribution is -0.137. The zero-order valence-electron chi connectivity index (χ0n) is 21.6. The predicted molar refractivity (Wildman–Crippen MR) is 150 cm³/mol. The highest BCUT2D eigenvalue weighted by Gasteiger charge is 2.38. The molecule has 39 heavy (non-hydrogen) atoms. The van der Waals surface area contributed by atoms with E-state index in [1.165, 1.54) is 17.7 Å². The van der Waals surface area contributed by atoms with E-state index in [2.05, 4.69) is 21.7 Å². The fraction of sp³-hybridized carbons (Fsp3) is 0.344. The Morgan fingerprint density at radius 1 is 0.897 bits per heavy atom. The summed E-state index contributed by atoms with van der Waals surface area (Å²) in [6.07, 6.45) is -2.63. The summed E-state index contributed by atoms with van der Waals surface area (Å²) in [5.74, 6) is 0.807. The van der Waals surface area contributed by atoms with Gasteiger partial charge in [0, 0.05) is 31.1 Å². The Bertz CT molecular complexity index is 1440. The molecule has 0 saturated carbocycles. The minimum absolute atomic E-state index is 0.0813. The van der Waals surface area contributed by atoms with E-state index in [1.54, 1.807) is 11.3 Å². The number of fused-ring (bicyclic) bond motifs is 1. The summed E-state index contributed by atoms with van der Waals surface area (Å²) in [7, 11) is 0. The topological polar surface area (TPSA) is 23.6 Å². The summed E-state index contributed by atoms with van der Waals surface area (Å²) in [6.45, 7) is 3.99. The first-order chi connectivity index (χ1) is 18.9. The standard InChI is InChI=1S/C32H31F3N2OS/c33-32(34,35)27-8-3-7-24(17-27)22-11-14-36(15-12-22)18-26-19-37(20-30(26)25-13-16-39-21-25)31(38)29-10-4-6-23-5-1-2-9-28(23)29/h1-10,13,16-17,21-22,26,30H,11-12,14-15,18-20H2/t26-,30+/m1/s1. The highest BCUT2D eigenvalue weighted by molar-refractivity contribution is 7.08. The van der Waals surface area contributed by atoms with E-state index < -0.39 is 11.7 Å². The molecule has 6 rings (SSSR count). The zero-order valence-corrected chi connectivity index (χ0v) is 22.4. The molecule has 0 aliphatic carbocycles. The Morgan fingerprint density at radius 3 is 2.44 bits per heavy atom. The normalized spacial score (nSPS) is 21.1. The molecule has 1 aromatic heterocycles. The number of thiophene rings is 1. The third-order valence-corrected chi connectivity index (χ3v) is 9.19. The average molecular weight is 549 g/mol. The lowest BCUT2D eigenvalue weighted by Crippen LogP contribution is -2.38. The van der Waals surface area contributed by atoms with Crippen molar-refractivity contribution in [2.45, 2.75) is 30.9 Å². The number of rotatable bonds is 5. The van der Waals surface area contributed by atoms with Crippen molar-refractivity contribution in [1.29, 1.82) is 0 Å². The third kappa shape index (κ3) is 5.48. The van der Waals surface area contributed by atoms with Crippen LogP contribution in [0.25, 0.3) is 10.8 Å². The van der Waals surface area contributed by atoms with Gasteiger partial charge >= 0.3 is 6.18 Å². The Hall–Kier alpha value is -3.16. The number of likely N-dealkylation sites (tertiary alicyclic amines) is 2. The first-order valence-electron chi connectivity index (χ1n) is 13.6. The molecule has 0 spiro atoms.